The molecule has 1 atom stereocenters. The number of nitrogens with zero attached hydrogens (tertiary/aromatic N) is 2. The summed E-state index contributed by atoms with van der Waals surface area (Å²) in [6.45, 7) is 5.69. The van der Waals surface area contributed by atoms with E-state index in [0.29, 0.717) is 6.10 Å². The zero-order chi connectivity index (χ0) is 15.6. The molecule has 0 aliphatic carbocycles. The quantitative estimate of drug-likeness (QED) is 0.592. The van der Waals surface area contributed by atoms with Gasteiger partial charge in [0.25, 0.3) is 0 Å². The fourth-order valence-electron chi connectivity index (χ4n) is 2.54. The second-order valence-corrected chi connectivity index (χ2v) is 5.83. The van der Waals surface area contributed by atoms with Crippen molar-refractivity contribution in [1.82, 2.24) is 10.2 Å². The van der Waals surface area contributed by atoms with Gasteiger partial charge in [-0.1, -0.05) is 13.3 Å². The van der Waals surface area contributed by atoms with Gasteiger partial charge in [-0.2, -0.15) is 0 Å². The molecule has 0 radical (unpaired) electrons. The Hall–Kier alpha value is -1.49. The van der Waals surface area contributed by atoms with Gasteiger partial charge in [-0.25, -0.2) is 0 Å². The molecular weight excluding hydrogens is 278 g/mol. The molecule has 1 saturated heterocycles. The van der Waals surface area contributed by atoms with Crippen LogP contribution in [0.3, 0.4) is 0 Å². The van der Waals surface area contributed by atoms with Crippen LogP contribution < -0.4 is 5.32 Å². The van der Waals surface area contributed by atoms with Crippen molar-refractivity contribution in [1.29, 1.82) is 0 Å². The highest BCUT2D eigenvalue weighted by Gasteiger charge is 2.15. The second-order valence-electron chi connectivity index (χ2n) is 5.83. The van der Waals surface area contributed by atoms with Gasteiger partial charge in [0.2, 0.25) is 0 Å². The summed E-state index contributed by atoms with van der Waals surface area (Å²) >= 11 is 0. The molecule has 124 valence electrons. The first-order valence-electron chi connectivity index (χ1n) is 8.43. The molecule has 22 heavy (non-hydrogen) atoms. The molecule has 5 nitrogen and oxygen atoms in total. The van der Waals surface area contributed by atoms with E-state index in [1.165, 1.54) is 12.8 Å². The maximum Gasteiger partial charge on any atom is 0.193 e. The third-order valence-electron chi connectivity index (χ3n) is 3.91. The van der Waals surface area contributed by atoms with E-state index in [2.05, 4.69) is 24.2 Å². The van der Waals surface area contributed by atoms with Gasteiger partial charge in [0.1, 0.15) is 5.76 Å². The van der Waals surface area contributed by atoms with Crippen LogP contribution in [-0.4, -0.2) is 50.3 Å². The van der Waals surface area contributed by atoms with Crippen LogP contribution in [-0.2, 0) is 11.2 Å². The van der Waals surface area contributed by atoms with Gasteiger partial charge in [-0.3, -0.25) is 4.99 Å². The largest absolute Gasteiger partial charge is 0.469 e. The second kappa shape index (κ2) is 9.51. The topological polar surface area (TPSA) is 50.0 Å². The van der Waals surface area contributed by atoms with Gasteiger partial charge in [0.15, 0.2) is 5.96 Å². The number of guanidine groups is 1. The minimum absolute atomic E-state index is 0.293. The molecule has 1 N–H and O–H groups in total. The Morgan fingerprint density at radius 2 is 2.41 bits per heavy atom. The van der Waals surface area contributed by atoms with Crippen LogP contribution in [0, 0.1) is 0 Å². The highest BCUT2D eigenvalue weighted by Crippen LogP contribution is 2.12. The van der Waals surface area contributed by atoms with Crippen molar-refractivity contribution in [2.24, 2.45) is 4.99 Å². The van der Waals surface area contributed by atoms with Crippen LogP contribution in [0.4, 0.5) is 0 Å². The van der Waals surface area contributed by atoms with Gasteiger partial charge in [-0.05, 0) is 31.4 Å². The Morgan fingerprint density at radius 1 is 1.50 bits per heavy atom. The molecule has 1 unspecified atom stereocenters. The van der Waals surface area contributed by atoms with E-state index in [-0.39, 0.29) is 0 Å². The van der Waals surface area contributed by atoms with Crippen molar-refractivity contribution in [2.75, 3.05) is 33.3 Å². The Bertz CT molecular complexity index is 425. The predicted molar refractivity (Wildman–Crippen MR) is 89.2 cm³/mol. The molecule has 1 aromatic heterocycles. The lowest BCUT2D eigenvalue weighted by Crippen LogP contribution is -2.41. The van der Waals surface area contributed by atoms with E-state index in [4.69, 9.17) is 14.1 Å². The maximum absolute atomic E-state index is 5.66. The van der Waals surface area contributed by atoms with E-state index < -0.39 is 0 Å². The van der Waals surface area contributed by atoms with E-state index >= 15 is 0 Å². The first-order chi connectivity index (χ1) is 10.8. The lowest BCUT2D eigenvalue weighted by Gasteiger charge is -2.22. The summed E-state index contributed by atoms with van der Waals surface area (Å²) in [7, 11) is 2.10. The molecule has 1 aliphatic heterocycles. The maximum atomic E-state index is 5.66. The number of hydrogen-bond acceptors (Lipinski definition) is 3. The van der Waals surface area contributed by atoms with Crippen molar-refractivity contribution in [2.45, 2.75) is 45.1 Å². The number of rotatable bonds is 8. The molecule has 1 aliphatic rings. The first kappa shape index (κ1) is 16.9. The number of ether oxygens (including phenoxy) is 1. The van der Waals surface area contributed by atoms with Crippen molar-refractivity contribution >= 4 is 5.96 Å². The summed E-state index contributed by atoms with van der Waals surface area (Å²) in [5, 5.41) is 3.45. The highest BCUT2D eigenvalue weighted by atomic mass is 16.5. The zero-order valence-corrected chi connectivity index (χ0v) is 13.9. The van der Waals surface area contributed by atoms with E-state index in [0.717, 1.165) is 57.2 Å². The van der Waals surface area contributed by atoms with Crippen LogP contribution in [0.1, 0.15) is 38.4 Å². The van der Waals surface area contributed by atoms with Crippen LogP contribution in [0.15, 0.2) is 27.8 Å². The fraction of sp³-hybridized carbons (Fsp3) is 0.706. The third kappa shape index (κ3) is 5.72. The minimum Gasteiger partial charge on any atom is -0.469 e. The predicted octanol–water partition coefficient (Wildman–Crippen LogP) is 2.68. The van der Waals surface area contributed by atoms with Gasteiger partial charge < -0.3 is 19.4 Å². The van der Waals surface area contributed by atoms with Crippen LogP contribution in [0.2, 0.25) is 0 Å². The van der Waals surface area contributed by atoms with Crippen molar-refractivity contribution in [3.63, 3.8) is 0 Å². The Morgan fingerprint density at radius 3 is 3.09 bits per heavy atom. The van der Waals surface area contributed by atoms with Crippen LogP contribution >= 0.6 is 0 Å². The Kier molecular flexibility index (Phi) is 7.30. The highest BCUT2D eigenvalue weighted by molar-refractivity contribution is 5.79. The number of unbranched alkanes of at least 4 members (excludes halogenated alkanes) is 1. The third-order valence-corrected chi connectivity index (χ3v) is 3.91. The molecule has 1 aromatic rings. The molecule has 1 fully saturated rings. The first-order valence-corrected chi connectivity index (χ1v) is 8.43. The molecule has 0 aromatic carbocycles. The smallest absolute Gasteiger partial charge is 0.193 e. The number of hydrogen-bond donors (Lipinski definition) is 1. The van der Waals surface area contributed by atoms with Crippen LogP contribution in [0.5, 0.6) is 0 Å². The molecule has 0 amide bonds. The van der Waals surface area contributed by atoms with Gasteiger partial charge in [0, 0.05) is 33.2 Å². The summed E-state index contributed by atoms with van der Waals surface area (Å²) in [4.78, 5) is 6.96. The van der Waals surface area contributed by atoms with E-state index in [1.54, 1.807) is 6.26 Å². The summed E-state index contributed by atoms with van der Waals surface area (Å²) in [5.41, 5.74) is 0. The number of nitrogens with one attached hydrogen (secondary N) is 1. The molecule has 2 heterocycles. The Balaban J connectivity index is 1.83. The van der Waals surface area contributed by atoms with E-state index in [9.17, 15) is 0 Å². The number of furan rings is 1. The lowest BCUT2D eigenvalue weighted by atomic mass is 10.2. The molecule has 0 bridgehead atoms. The van der Waals surface area contributed by atoms with Crippen molar-refractivity contribution in [3.8, 4) is 0 Å². The average molecular weight is 307 g/mol. The van der Waals surface area contributed by atoms with E-state index in [1.807, 2.05) is 12.1 Å². The molecule has 5 heteroatoms. The zero-order valence-electron chi connectivity index (χ0n) is 13.9. The normalized spacial score (nSPS) is 18.6. The summed E-state index contributed by atoms with van der Waals surface area (Å²) in [6, 6.07) is 3.93. The van der Waals surface area contributed by atoms with Crippen molar-refractivity contribution < 1.29 is 9.15 Å². The molecule has 2 rings (SSSR count). The summed E-state index contributed by atoms with van der Waals surface area (Å²) in [6.07, 6.45) is 7.53. The monoisotopic (exact) mass is 307 g/mol. The lowest BCUT2D eigenvalue weighted by molar-refractivity contribution is 0.117. The van der Waals surface area contributed by atoms with Crippen LogP contribution in [0.25, 0.3) is 0 Å². The summed E-state index contributed by atoms with van der Waals surface area (Å²) < 4.78 is 11.0. The van der Waals surface area contributed by atoms with Gasteiger partial charge >= 0.3 is 0 Å². The number of aliphatic imine (C=N–C) groups is 1. The standard InChI is InChI=1S/C17H29N3O2/c1-3-4-11-20(2)17(19-14-16-8-6-13-22-16)18-10-9-15-7-5-12-21-15/h5,7,12,16H,3-4,6,8-11,13-14H2,1-2H3,(H,18,19). The SMILES string of the molecule is CCCCN(C)C(=NCC1CCCO1)NCCc1ccco1. The fourth-order valence-corrected chi connectivity index (χ4v) is 2.54. The molecule has 0 spiro atoms. The van der Waals surface area contributed by atoms with Gasteiger partial charge in [-0.15, -0.1) is 0 Å². The average Bonchev–Trinajstić information content (AvgIpc) is 3.21. The molecular formula is C17H29N3O2. The Labute approximate surface area is 133 Å². The minimum atomic E-state index is 0.293. The van der Waals surface area contributed by atoms with Gasteiger partial charge in [0.05, 0.1) is 18.9 Å². The summed E-state index contributed by atoms with van der Waals surface area (Å²) in [5.74, 6) is 1.97. The van der Waals surface area contributed by atoms with Crippen molar-refractivity contribution in [3.05, 3.63) is 24.2 Å². The molecule has 0 saturated carbocycles.